The summed E-state index contributed by atoms with van der Waals surface area (Å²) in [6, 6.07) is 4.82. The highest BCUT2D eigenvalue weighted by atomic mass is 16.5. The number of ether oxygens (including phenoxy) is 1. The Labute approximate surface area is 99.4 Å². The largest absolute Gasteiger partial charge is 0.376 e. The SMILES string of the molecule is O=C(Cn1ccccc1=O)NC[C@H]1CCCO1. The molecule has 0 aliphatic carbocycles. The van der Waals surface area contributed by atoms with E-state index in [0.29, 0.717) is 6.54 Å². The van der Waals surface area contributed by atoms with Gasteiger partial charge in [-0.3, -0.25) is 9.59 Å². The summed E-state index contributed by atoms with van der Waals surface area (Å²) in [4.78, 5) is 23.0. The van der Waals surface area contributed by atoms with Crippen molar-refractivity contribution in [1.29, 1.82) is 0 Å². The minimum absolute atomic E-state index is 0.0619. The summed E-state index contributed by atoms with van der Waals surface area (Å²) < 4.78 is 6.77. The third-order valence-electron chi connectivity index (χ3n) is 2.76. The van der Waals surface area contributed by atoms with Gasteiger partial charge in [-0.1, -0.05) is 6.07 Å². The highest BCUT2D eigenvalue weighted by Gasteiger charge is 2.16. The number of aromatic nitrogens is 1. The highest BCUT2D eigenvalue weighted by molar-refractivity contribution is 5.75. The molecule has 1 aromatic rings. The number of hydrogen-bond acceptors (Lipinski definition) is 3. The zero-order valence-corrected chi connectivity index (χ0v) is 9.59. The van der Waals surface area contributed by atoms with Crippen molar-refractivity contribution in [2.24, 2.45) is 0 Å². The van der Waals surface area contributed by atoms with E-state index >= 15 is 0 Å². The maximum atomic E-state index is 11.6. The van der Waals surface area contributed by atoms with Crippen molar-refractivity contribution >= 4 is 5.91 Å². The molecule has 1 aliphatic rings. The van der Waals surface area contributed by atoms with Crippen LogP contribution in [0.5, 0.6) is 0 Å². The van der Waals surface area contributed by atoms with Crippen molar-refractivity contribution in [1.82, 2.24) is 9.88 Å². The number of carbonyl (C=O) groups is 1. The van der Waals surface area contributed by atoms with Crippen LogP contribution < -0.4 is 10.9 Å². The molecule has 1 aromatic heterocycles. The van der Waals surface area contributed by atoms with E-state index in [4.69, 9.17) is 4.74 Å². The maximum Gasteiger partial charge on any atom is 0.250 e. The number of nitrogens with one attached hydrogen (secondary N) is 1. The second-order valence-electron chi connectivity index (χ2n) is 4.11. The minimum atomic E-state index is -0.167. The van der Waals surface area contributed by atoms with Crippen molar-refractivity contribution in [3.05, 3.63) is 34.7 Å². The lowest BCUT2D eigenvalue weighted by molar-refractivity contribution is -0.122. The molecule has 1 fully saturated rings. The summed E-state index contributed by atoms with van der Waals surface area (Å²) in [6.07, 6.45) is 3.78. The molecule has 1 amide bonds. The van der Waals surface area contributed by atoms with Gasteiger partial charge < -0.3 is 14.6 Å². The predicted molar refractivity (Wildman–Crippen MR) is 62.7 cm³/mol. The molecule has 0 radical (unpaired) electrons. The predicted octanol–water partition coefficient (Wildman–Crippen LogP) is 0.143. The lowest BCUT2D eigenvalue weighted by atomic mass is 10.2. The van der Waals surface area contributed by atoms with Gasteiger partial charge in [-0.15, -0.1) is 0 Å². The van der Waals surface area contributed by atoms with Crippen LogP contribution in [0.2, 0.25) is 0 Å². The molecule has 0 aromatic carbocycles. The quantitative estimate of drug-likeness (QED) is 0.809. The average molecular weight is 236 g/mol. The van der Waals surface area contributed by atoms with Gasteiger partial charge in [0.1, 0.15) is 6.54 Å². The summed E-state index contributed by atoms with van der Waals surface area (Å²) in [5.41, 5.74) is -0.167. The van der Waals surface area contributed by atoms with Gasteiger partial charge in [-0.25, -0.2) is 0 Å². The highest BCUT2D eigenvalue weighted by Crippen LogP contribution is 2.10. The first-order valence-electron chi connectivity index (χ1n) is 5.79. The smallest absolute Gasteiger partial charge is 0.250 e. The lowest BCUT2D eigenvalue weighted by Gasteiger charge is -2.11. The topological polar surface area (TPSA) is 60.3 Å². The number of amides is 1. The molecular weight excluding hydrogens is 220 g/mol. The molecule has 0 bridgehead atoms. The van der Waals surface area contributed by atoms with Gasteiger partial charge in [0.05, 0.1) is 6.10 Å². The van der Waals surface area contributed by atoms with Crippen molar-refractivity contribution in [2.75, 3.05) is 13.2 Å². The van der Waals surface area contributed by atoms with E-state index in [1.54, 1.807) is 18.3 Å². The van der Waals surface area contributed by atoms with Gasteiger partial charge in [0.15, 0.2) is 0 Å². The van der Waals surface area contributed by atoms with E-state index < -0.39 is 0 Å². The lowest BCUT2D eigenvalue weighted by Crippen LogP contribution is -2.36. The summed E-state index contributed by atoms with van der Waals surface area (Å²) in [6.45, 7) is 1.37. The Balaban J connectivity index is 1.81. The van der Waals surface area contributed by atoms with E-state index in [1.807, 2.05) is 0 Å². The molecule has 1 saturated heterocycles. The minimum Gasteiger partial charge on any atom is -0.376 e. The summed E-state index contributed by atoms with van der Waals surface area (Å²) in [5.74, 6) is -0.159. The molecule has 2 rings (SSSR count). The molecule has 0 saturated carbocycles. The maximum absolute atomic E-state index is 11.6. The van der Waals surface area contributed by atoms with Crippen LogP contribution in [0.15, 0.2) is 29.2 Å². The first kappa shape index (κ1) is 11.9. The number of hydrogen-bond donors (Lipinski definition) is 1. The van der Waals surface area contributed by atoms with Gasteiger partial charge in [0, 0.05) is 25.4 Å². The molecule has 2 heterocycles. The van der Waals surface area contributed by atoms with Gasteiger partial charge in [-0.2, -0.15) is 0 Å². The molecule has 0 unspecified atom stereocenters. The number of rotatable bonds is 4. The third-order valence-corrected chi connectivity index (χ3v) is 2.76. The summed E-state index contributed by atoms with van der Waals surface area (Å²) >= 11 is 0. The molecule has 1 aliphatic heterocycles. The summed E-state index contributed by atoms with van der Waals surface area (Å²) in [5, 5.41) is 2.78. The van der Waals surface area contributed by atoms with E-state index in [9.17, 15) is 9.59 Å². The molecule has 5 nitrogen and oxygen atoms in total. The van der Waals surface area contributed by atoms with Crippen LogP contribution in [0.4, 0.5) is 0 Å². The normalized spacial score (nSPS) is 19.2. The number of carbonyl (C=O) groups excluding carboxylic acids is 1. The van der Waals surface area contributed by atoms with Crippen molar-refractivity contribution in [2.45, 2.75) is 25.5 Å². The van der Waals surface area contributed by atoms with Crippen LogP contribution in [-0.4, -0.2) is 29.7 Å². The number of pyridine rings is 1. The van der Waals surface area contributed by atoms with Crippen LogP contribution in [0, 0.1) is 0 Å². The average Bonchev–Trinajstić information content (AvgIpc) is 2.82. The molecular formula is C12H16N2O3. The van der Waals surface area contributed by atoms with Gasteiger partial charge in [0.25, 0.3) is 5.56 Å². The van der Waals surface area contributed by atoms with Gasteiger partial charge >= 0.3 is 0 Å². The first-order valence-corrected chi connectivity index (χ1v) is 5.79. The Bertz CT molecular complexity index is 435. The fourth-order valence-corrected chi connectivity index (χ4v) is 1.83. The van der Waals surface area contributed by atoms with Crippen molar-refractivity contribution in [3.63, 3.8) is 0 Å². The molecule has 1 atom stereocenters. The molecule has 5 heteroatoms. The van der Waals surface area contributed by atoms with E-state index in [1.165, 1.54) is 10.6 Å². The molecule has 92 valence electrons. The van der Waals surface area contributed by atoms with Crippen molar-refractivity contribution < 1.29 is 9.53 Å². The van der Waals surface area contributed by atoms with E-state index in [-0.39, 0.29) is 24.1 Å². The van der Waals surface area contributed by atoms with E-state index in [2.05, 4.69) is 5.32 Å². The van der Waals surface area contributed by atoms with Crippen LogP contribution in [0.3, 0.4) is 0 Å². The Morgan fingerprint density at radius 1 is 1.53 bits per heavy atom. The van der Waals surface area contributed by atoms with Crippen LogP contribution in [0.25, 0.3) is 0 Å². The molecule has 1 N–H and O–H groups in total. The fraction of sp³-hybridized carbons (Fsp3) is 0.500. The van der Waals surface area contributed by atoms with Crippen LogP contribution >= 0.6 is 0 Å². The molecule has 17 heavy (non-hydrogen) atoms. The Hall–Kier alpha value is -1.62. The standard InChI is InChI=1S/C12H16N2O3/c15-11(13-8-10-4-3-7-17-10)9-14-6-2-1-5-12(14)16/h1-2,5-6,10H,3-4,7-9H2,(H,13,15)/t10-/m1/s1. The Morgan fingerprint density at radius 2 is 2.41 bits per heavy atom. The van der Waals surface area contributed by atoms with Gasteiger partial charge in [-0.05, 0) is 18.9 Å². The Kier molecular flexibility index (Phi) is 3.93. The summed E-state index contributed by atoms with van der Waals surface area (Å²) in [7, 11) is 0. The second kappa shape index (κ2) is 5.63. The fourth-order valence-electron chi connectivity index (χ4n) is 1.83. The zero-order valence-electron chi connectivity index (χ0n) is 9.59. The zero-order chi connectivity index (χ0) is 12.1. The third kappa shape index (κ3) is 3.42. The number of nitrogens with zero attached hydrogens (tertiary/aromatic N) is 1. The Morgan fingerprint density at radius 3 is 3.12 bits per heavy atom. The first-order chi connectivity index (χ1) is 8.25. The van der Waals surface area contributed by atoms with Crippen LogP contribution in [0.1, 0.15) is 12.8 Å². The van der Waals surface area contributed by atoms with Gasteiger partial charge in [0.2, 0.25) is 5.91 Å². The van der Waals surface area contributed by atoms with E-state index in [0.717, 1.165) is 19.4 Å². The molecule has 0 spiro atoms. The van der Waals surface area contributed by atoms with Crippen LogP contribution in [-0.2, 0) is 16.1 Å². The monoisotopic (exact) mass is 236 g/mol. The second-order valence-corrected chi connectivity index (χ2v) is 4.11. The van der Waals surface area contributed by atoms with Crippen molar-refractivity contribution in [3.8, 4) is 0 Å².